The van der Waals surface area contributed by atoms with Crippen LogP contribution in [0, 0.1) is 6.92 Å². The van der Waals surface area contributed by atoms with Crippen molar-refractivity contribution in [1.82, 2.24) is 14.4 Å². The molecule has 3 aromatic rings. The van der Waals surface area contributed by atoms with E-state index in [2.05, 4.69) is 83.9 Å². The maximum atomic E-state index is 13.5. The fourth-order valence-electron chi connectivity index (χ4n) is 5.07. The van der Waals surface area contributed by atoms with Crippen molar-refractivity contribution in [3.63, 3.8) is 0 Å². The lowest BCUT2D eigenvalue weighted by Crippen LogP contribution is -2.46. The van der Waals surface area contributed by atoms with Gasteiger partial charge in [-0.3, -0.25) is 9.69 Å². The Morgan fingerprint density at radius 2 is 1.62 bits per heavy atom. The number of rotatable bonds is 11. The predicted octanol–water partition coefficient (Wildman–Crippen LogP) is 6.41. The SMILES string of the molecule is CCCCCCCCn1cc(C(=O)CN2CCN(C)CC2)c2cc(-c3cccc(C)c3)ccc21. The van der Waals surface area contributed by atoms with Gasteiger partial charge in [0, 0.05) is 55.4 Å². The van der Waals surface area contributed by atoms with E-state index in [1.807, 2.05) is 0 Å². The van der Waals surface area contributed by atoms with Gasteiger partial charge in [-0.25, -0.2) is 0 Å². The fourth-order valence-corrected chi connectivity index (χ4v) is 5.07. The van der Waals surface area contributed by atoms with Crippen LogP contribution in [0.3, 0.4) is 0 Å². The summed E-state index contributed by atoms with van der Waals surface area (Å²) in [6.07, 6.45) is 9.81. The molecule has 34 heavy (non-hydrogen) atoms. The van der Waals surface area contributed by atoms with Gasteiger partial charge in [-0.1, -0.05) is 74.9 Å². The zero-order valence-electron chi connectivity index (χ0n) is 21.4. The zero-order chi connectivity index (χ0) is 23.9. The number of hydrogen-bond donors (Lipinski definition) is 0. The standard InChI is InChI=1S/C30H41N3O/c1-4-5-6-7-8-9-15-33-22-28(30(34)23-32-18-16-31(3)17-19-32)27-21-26(13-14-29(27)33)25-12-10-11-24(2)20-25/h10-14,20-22H,4-9,15-19,23H2,1-3H3. The molecule has 0 amide bonds. The molecule has 0 atom stereocenters. The van der Waals surface area contributed by atoms with Crippen molar-refractivity contribution in [3.05, 3.63) is 59.8 Å². The first-order valence-electron chi connectivity index (χ1n) is 13.2. The highest BCUT2D eigenvalue weighted by Gasteiger charge is 2.21. The Kier molecular flexibility index (Phi) is 8.58. The molecule has 1 aliphatic heterocycles. The Morgan fingerprint density at radius 3 is 2.38 bits per heavy atom. The van der Waals surface area contributed by atoms with E-state index >= 15 is 0 Å². The summed E-state index contributed by atoms with van der Waals surface area (Å²) in [5.41, 5.74) is 5.72. The second-order valence-corrected chi connectivity index (χ2v) is 10.1. The minimum atomic E-state index is 0.248. The molecule has 1 saturated heterocycles. The Balaban J connectivity index is 1.58. The highest BCUT2D eigenvalue weighted by atomic mass is 16.1. The van der Waals surface area contributed by atoms with E-state index in [-0.39, 0.29) is 5.78 Å². The molecule has 1 fully saturated rings. The van der Waals surface area contributed by atoms with E-state index in [1.54, 1.807) is 0 Å². The second-order valence-electron chi connectivity index (χ2n) is 10.1. The van der Waals surface area contributed by atoms with Gasteiger partial charge in [-0.15, -0.1) is 0 Å². The van der Waals surface area contributed by atoms with Gasteiger partial charge < -0.3 is 9.47 Å². The molecule has 4 nitrogen and oxygen atoms in total. The predicted molar refractivity (Wildman–Crippen MR) is 144 cm³/mol. The van der Waals surface area contributed by atoms with E-state index in [1.165, 1.54) is 60.7 Å². The summed E-state index contributed by atoms with van der Waals surface area (Å²) in [7, 11) is 2.15. The number of piperazine rings is 1. The molecular formula is C30H41N3O. The van der Waals surface area contributed by atoms with Gasteiger partial charge in [0.15, 0.2) is 5.78 Å². The van der Waals surface area contributed by atoms with Crippen LogP contribution in [0.4, 0.5) is 0 Å². The Hall–Kier alpha value is -2.43. The smallest absolute Gasteiger partial charge is 0.178 e. The number of Topliss-reactive ketones (excluding diaryl/α,β-unsaturated/α-hetero) is 1. The number of aromatic nitrogens is 1. The van der Waals surface area contributed by atoms with Crippen molar-refractivity contribution in [1.29, 1.82) is 0 Å². The maximum Gasteiger partial charge on any atom is 0.178 e. The van der Waals surface area contributed by atoms with Crippen LogP contribution in [0.15, 0.2) is 48.7 Å². The molecule has 0 unspecified atom stereocenters. The van der Waals surface area contributed by atoms with E-state index in [0.717, 1.165) is 43.7 Å². The van der Waals surface area contributed by atoms with Gasteiger partial charge in [0.25, 0.3) is 0 Å². The molecule has 0 spiro atoms. The lowest BCUT2D eigenvalue weighted by Gasteiger charge is -2.31. The molecule has 1 aliphatic rings. The van der Waals surface area contributed by atoms with E-state index in [0.29, 0.717) is 6.54 Å². The number of nitrogens with zero attached hydrogens (tertiary/aromatic N) is 3. The Labute approximate surface area is 205 Å². The summed E-state index contributed by atoms with van der Waals surface area (Å²) in [5.74, 6) is 0.248. The van der Waals surface area contributed by atoms with Crippen molar-refractivity contribution >= 4 is 16.7 Å². The van der Waals surface area contributed by atoms with Gasteiger partial charge in [-0.05, 0) is 43.7 Å². The number of carbonyl (C=O) groups is 1. The van der Waals surface area contributed by atoms with Crippen LogP contribution in [-0.4, -0.2) is 59.9 Å². The molecular weight excluding hydrogens is 418 g/mol. The molecule has 0 saturated carbocycles. The topological polar surface area (TPSA) is 28.5 Å². The molecule has 182 valence electrons. The summed E-state index contributed by atoms with van der Waals surface area (Å²) in [6, 6.07) is 15.3. The monoisotopic (exact) mass is 459 g/mol. The van der Waals surface area contributed by atoms with E-state index in [9.17, 15) is 4.79 Å². The third-order valence-corrected chi connectivity index (χ3v) is 7.25. The summed E-state index contributed by atoms with van der Waals surface area (Å²) in [6.45, 7) is 9.88. The summed E-state index contributed by atoms with van der Waals surface area (Å²) in [4.78, 5) is 18.1. The van der Waals surface area contributed by atoms with Crippen LogP contribution in [0.25, 0.3) is 22.0 Å². The summed E-state index contributed by atoms with van der Waals surface area (Å²) < 4.78 is 2.33. The molecule has 2 heterocycles. The first-order valence-corrected chi connectivity index (χ1v) is 13.2. The Morgan fingerprint density at radius 1 is 0.882 bits per heavy atom. The van der Waals surface area contributed by atoms with Crippen molar-refractivity contribution in [2.24, 2.45) is 0 Å². The lowest BCUT2D eigenvalue weighted by molar-refractivity contribution is 0.0878. The molecule has 4 rings (SSSR count). The quantitative estimate of drug-likeness (QED) is 0.245. The van der Waals surface area contributed by atoms with Gasteiger partial charge in [0.2, 0.25) is 0 Å². The molecule has 4 heteroatoms. The number of carbonyl (C=O) groups excluding carboxylic acids is 1. The molecule has 0 N–H and O–H groups in total. The first kappa shape index (κ1) is 24.7. The minimum absolute atomic E-state index is 0.248. The van der Waals surface area contributed by atoms with Crippen molar-refractivity contribution in [3.8, 4) is 11.1 Å². The number of fused-ring (bicyclic) bond motifs is 1. The average Bonchev–Trinajstić information content (AvgIpc) is 3.21. The number of aryl methyl sites for hydroxylation is 2. The minimum Gasteiger partial charge on any atom is -0.347 e. The number of unbranched alkanes of at least 4 members (excludes halogenated alkanes) is 5. The Bertz CT molecular complexity index is 1090. The van der Waals surface area contributed by atoms with Gasteiger partial charge in [-0.2, -0.15) is 0 Å². The zero-order valence-corrected chi connectivity index (χ0v) is 21.4. The van der Waals surface area contributed by atoms with Crippen LogP contribution < -0.4 is 0 Å². The lowest BCUT2D eigenvalue weighted by atomic mass is 10.00. The number of benzene rings is 2. The average molecular weight is 460 g/mol. The van der Waals surface area contributed by atoms with Crippen LogP contribution in [0.5, 0.6) is 0 Å². The first-order chi connectivity index (χ1) is 16.5. The van der Waals surface area contributed by atoms with Gasteiger partial charge in [0.05, 0.1) is 6.54 Å². The highest BCUT2D eigenvalue weighted by molar-refractivity contribution is 6.09. The molecule has 0 bridgehead atoms. The van der Waals surface area contributed by atoms with Gasteiger partial charge >= 0.3 is 0 Å². The number of ketones is 1. The molecule has 0 radical (unpaired) electrons. The summed E-state index contributed by atoms with van der Waals surface area (Å²) in [5, 5.41) is 1.10. The van der Waals surface area contributed by atoms with Crippen LogP contribution in [0.2, 0.25) is 0 Å². The largest absolute Gasteiger partial charge is 0.347 e. The van der Waals surface area contributed by atoms with E-state index < -0.39 is 0 Å². The molecule has 2 aromatic carbocycles. The number of hydrogen-bond acceptors (Lipinski definition) is 3. The summed E-state index contributed by atoms with van der Waals surface area (Å²) >= 11 is 0. The molecule has 0 aliphatic carbocycles. The third kappa shape index (κ3) is 6.17. The van der Waals surface area contributed by atoms with Crippen molar-refractivity contribution in [2.75, 3.05) is 39.8 Å². The van der Waals surface area contributed by atoms with Crippen LogP contribution in [0.1, 0.15) is 61.4 Å². The van der Waals surface area contributed by atoms with Crippen molar-refractivity contribution < 1.29 is 4.79 Å². The highest BCUT2D eigenvalue weighted by Crippen LogP contribution is 2.29. The normalized spacial score (nSPS) is 15.3. The maximum absolute atomic E-state index is 13.5. The van der Waals surface area contributed by atoms with Crippen LogP contribution >= 0.6 is 0 Å². The third-order valence-electron chi connectivity index (χ3n) is 7.25. The van der Waals surface area contributed by atoms with E-state index in [4.69, 9.17) is 0 Å². The molecule has 1 aromatic heterocycles. The second kappa shape index (κ2) is 11.8. The fraction of sp³-hybridized carbons (Fsp3) is 0.500. The van der Waals surface area contributed by atoms with Crippen LogP contribution in [-0.2, 0) is 6.54 Å². The van der Waals surface area contributed by atoms with Gasteiger partial charge in [0.1, 0.15) is 0 Å². The van der Waals surface area contributed by atoms with Crippen molar-refractivity contribution in [2.45, 2.75) is 58.9 Å². The number of likely N-dealkylation sites (N-methyl/N-ethyl adjacent to an activating group) is 1.